The number of phenols is 1. The fourth-order valence-corrected chi connectivity index (χ4v) is 5.97. The quantitative estimate of drug-likeness (QED) is 0.214. The van der Waals surface area contributed by atoms with Crippen molar-refractivity contribution in [2.45, 2.75) is 22.6 Å². The molecule has 14 nitrogen and oxygen atoms in total. The average Bonchev–Trinajstić information content (AvgIpc) is 3.23. The van der Waals surface area contributed by atoms with E-state index >= 15 is 0 Å². The molecule has 0 radical (unpaired) electrons. The average molecular weight is 521 g/mol. The summed E-state index contributed by atoms with van der Waals surface area (Å²) in [7, 11) is 1.66. The Morgan fingerprint density at radius 2 is 2.03 bits per heavy atom. The minimum Gasteiger partial charge on any atom is -0.508 e. The molecule has 1 aromatic carbocycles. The van der Waals surface area contributed by atoms with Crippen LogP contribution in [0.5, 0.6) is 5.75 Å². The minimum atomic E-state index is -1.25. The molecule has 1 aromatic heterocycles. The third kappa shape index (κ3) is 4.88. The normalized spacial score (nSPS) is 20.0. The number of aliphatic carboxylic acids is 1. The van der Waals surface area contributed by atoms with Gasteiger partial charge in [0.1, 0.15) is 28.9 Å². The van der Waals surface area contributed by atoms with E-state index in [1.54, 1.807) is 7.05 Å². The van der Waals surface area contributed by atoms with Gasteiger partial charge in [0.15, 0.2) is 0 Å². The Bertz CT molecular complexity index is 1220. The number of aryl methyl sites for hydroxylation is 1. The first kappa shape index (κ1) is 24.3. The second-order valence-electron chi connectivity index (χ2n) is 7.56. The lowest BCUT2D eigenvalue weighted by atomic mass is 10.0. The molecular weight excluding hydrogens is 500 g/mol. The molecule has 4 amide bonds. The highest BCUT2D eigenvalue weighted by atomic mass is 32.2. The smallest absolute Gasteiger partial charge is 0.352 e. The SMILES string of the molecule is Cn1nnnc1SCC1=C(C(=O)O)N2C(=O)[C@H](NC(=O)C(NC(N)=O)c3ccc(O)cc3)C2SC1. The van der Waals surface area contributed by atoms with Crippen LogP contribution in [0.3, 0.4) is 0 Å². The molecule has 2 aliphatic rings. The number of β-lactam (4-membered cyclic amide) rings is 1. The molecule has 35 heavy (non-hydrogen) atoms. The number of amides is 4. The van der Waals surface area contributed by atoms with Gasteiger partial charge in [0.25, 0.3) is 5.91 Å². The third-order valence-electron chi connectivity index (χ3n) is 5.28. The number of urea groups is 1. The van der Waals surface area contributed by atoms with Crippen LogP contribution in [0.25, 0.3) is 0 Å². The maximum Gasteiger partial charge on any atom is 0.352 e. The molecule has 6 N–H and O–H groups in total. The van der Waals surface area contributed by atoms with Crippen LogP contribution in [0.1, 0.15) is 11.6 Å². The van der Waals surface area contributed by atoms with Crippen molar-refractivity contribution in [3.63, 3.8) is 0 Å². The van der Waals surface area contributed by atoms with Gasteiger partial charge < -0.3 is 26.6 Å². The van der Waals surface area contributed by atoms with Gasteiger partial charge in [0.05, 0.1) is 0 Å². The number of aromatic hydroxyl groups is 1. The number of nitrogens with zero attached hydrogens (tertiary/aromatic N) is 5. The van der Waals surface area contributed by atoms with Crippen LogP contribution in [-0.4, -0.2) is 82.1 Å². The van der Waals surface area contributed by atoms with Gasteiger partial charge in [-0.05, 0) is 33.7 Å². The first-order chi connectivity index (χ1) is 16.7. The summed E-state index contributed by atoms with van der Waals surface area (Å²) >= 11 is 2.56. The molecule has 3 atom stereocenters. The van der Waals surface area contributed by atoms with E-state index in [2.05, 4.69) is 26.2 Å². The topological polar surface area (TPSA) is 206 Å². The largest absolute Gasteiger partial charge is 0.508 e. The van der Waals surface area contributed by atoms with E-state index in [0.29, 0.717) is 22.0 Å². The Morgan fingerprint density at radius 3 is 2.63 bits per heavy atom. The molecule has 16 heteroatoms. The van der Waals surface area contributed by atoms with Gasteiger partial charge in [0.2, 0.25) is 11.1 Å². The maximum absolute atomic E-state index is 13.0. The second kappa shape index (κ2) is 9.83. The van der Waals surface area contributed by atoms with Crippen LogP contribution in [0.2, 0.25) is 0 Å². The van der Waals surface area contributed by atoms with E-state index in [9.17, 15) is 29.4 Å². The summed E-state index contributed by atoms with van der Waals surface area (Å²) in [6, 6.07) is 2.38. The fourth-order valence-electron chi connectivity index (χ4n) is 3.64. The molecular formula is C19H20N8O6S2. The van der Waals surface area contributed by atoms with Gasteiger partial charge in [-0.15, -0.1) is 16.9 Å². The van der Waals surface area contributed by atoms with Crippen molar-refractivity contribution in [2.75, 3.05) is 11.5 Å². The van der Waals surface area contributed by atoms with E-state index in [-0.39, 0.29) is 17.2 Å². The Labute approximate surface area is 206 Å². The zero-order chi connectivity index (χ0) is 25.3. The number of carbonyl (C=O) groups excluding carboxylic acids is 3. The van der Waals surface area contributed by atoms with Crippen molar-refractivity contribution in [2.24, 2.45) is 12.8 Å². The molecule has 184 valence electrons. The first-order valence-electron chi connectivity index (χ1n) is 10.1. The number of fused-ring (bicyclic) bond motifs is 1. The molecule has 3 heterocycles. The summed E-state index contributed by atoms with van der Waals surface area (Å²) in [5, 5.41) is 35.2. The van der Waals surface area contributed by atoms with Crippen molar-refractivity contribution in [1.82, 2.24) is 35.7 Å². The summed E-state index contributed by atoms with van der Waals surface area (Å²) in [4.78, 5) is 50.5. The third-order valence-corrected chi connectivity index (χ3v) is 7.72. The zero-order valence-corrected chi connectivity index (χ0v) is 19.7. The fraction of sp³-hybridized carbons (Fsp3) is 0.316. The molecule has 4 rings (SSSR count). The number of nitrogens with two attached hydrogens (primary N) is 1. The highest BCUT2D eigenvalue weighted by Crippen LogP contribution is 2.41. The Morgan fingerprint density at radius 1 is 1.31 bits per heavy atom. The Kier molecular flexibility index (Phi) is 6.83. The molecule has 2 unspecified atom stereocenters. The number of tetrazole rings is 1. The number of phenolic OH excluding ortho intramolecular Hbond substituents is 1. The number of primary amides is 1. The number of carbonyl (C=O) groups is 4. The molecule has 2 aliphatic heterocycles. The summed E-state index contributed by atoms with van der Waals surface area (Å²) in [5.41, 5.74) is 5.94. The van der Waals surface area contributed by atoms with E-state index in [0.717, 1.165) is 4.90 Å². The molecule has 1 saturated heterocycles. The standard InChI is InChI=1S/C19H20N8O6S2/c1-26-19(23-24-25-26)35-7-9-6-34-16-12(15(30)27(16)13(9)17(31)32)21-14(29)11(22-18(20)33)8-2-4-10(28)5-3-8/h2-5,11-12,16,28H,6-7H2,1H3,(H,21,29)(H,31,32)(H3,20,22,33)/t11?,12-,16?/m0/s1. The molecule has 0 spiro atoms. The lowest BCUT2D eigenvalue weighted by Crippen LogP contribution is -2.71. The maximum atomic E-state index is 13.0. The van der Waals surface area contributed by atoms with Crippen LogP contribution in [-0.2, 0) is 21.4 Å². The number of carboxylic acid groups (broad SMARTS) is 1. The van der Waals surface area contributed by atoms with Gasteiger partial charge in [0, 0.05) is 18.6 Å². The lowest BCUT2D eigenvalue weighted by Gasteiger charge is -2.49. The number of aromatic nitrogens is 4. The summed E-state index contributed by atoms with van der Waals surface area (Å²) < 4.78 is 1.45. The lowest BCUT2D eigenvalue weighted by molar-refractivity contribution is -0.150. The summed E-state index contributed by atoms with van der Waals surface area (Å²) in [6.45, 7) is 0. The number of thioether (sulfide) groups is 2. The predicted octanol–water partition coefficient (Wildman–Crippen LogP) is -0.844. The van der Waals surface area contributed by atoms with Crippen LogP contribution in [0.15, 0.2) is 40.7 Å². The second-order valence-corrected chi connectivity index (χ2v) is 9.61. The van der Waals surface area contributed by atoms with E-state index in [1.165, 1.54) is 52.5 Å². The Balaban J connectivity index is 1.49. The van der Waals surface area contributed by atoms with Gasteiger partial charge in [-0.3, -0.25) is 14.5 Å². The van der Waals surface area contributed by atoms with Gasteiger partial charge >= 0.3 is 12.0 Å². The molecule has 0 bridgehead atoms. The van der Waals surface area contributed by atoms with E-state index < -0.39 is 41.3 Å². The summed E-state index contributed by atoms with van der Waals surface area (Å²) in [5.74, 6) is -1.99. The highest BCUT2D eigenvalue weighted by Gasteiger charge is 2.54. The molecule has 2 aromatic rings. The van der Waals surface area contributed by atoms with E-state index in [1.807, 2.05) is 0 Å². The Hall–Kier alpha value is -3.79. The molecule has 1 fully saturated rings. The van der Waals surface area contributed by atoms with Gasteiger partial charge in [-0.25, -0.2) is 14.3 Å². The molecule has 0 aliphatic carbocycles. The van der Waals surface area contributed by atoms with Crippen molar-refractivity contribution >= 4 is 47.3 Å². The van der Waals surface area contributed by atoms with Crippen molar-refractivity contribution in [3.05, 3.63) is 41.1 Å². The van der Waals surface area contributed by atoms with Crippen LogP contribution >= 0.6 is 23.5 Å². The number of nitrogens with one attached hydrogen (secondary N) is 2. The van der Waals surface area contributed by atoms with Crippen molar-refractivity contribution in [3.8, 4) is 5.75 Å². The van der Waals surface area contributed by atoms with Crippen LogP contribution in [0.4, 0.5) is 4.79 Å². The van der Waals surface area contributed by atoms with E-state index in [4.69, 9.17) is 5.73 Å². The number of hydrogen-bond acceptors (Lipinski definition) is 10. The van der Waals surface area contributed by atoms with Crippen LogP contribution < -0.4 is 16.4 Å². The number of rotatable bonds is 8. The minimum absolute atomic E-state index is 0.0345. The van der Waals surface area contributed by atoms with Gasteiger partial charge in [-0.2, -0.15) is 0 Å². The number of benzene rings is 1. The predicted molar refractivity (Wildman–Crippen MR) is 123 cm³/mol. The first-order valence-corrected chi connectivity index (χ1v) is 12.1. The highest BCUT2D eigenvalue weighted by molar-refractivity contribution is 8.01. The number of hydrogen-bond donors (Lipinski definition) is 5. The monoisotopic (exact) mass is 520 g/mol. The zero-order valence-electron chi connectivity index (χ0n) is 18.1. The molecule has 0 saturated carbocycles. The van der Waals surface area contributed by atoms with Crippen molar-refractivity contribution in [1.29, 1.82) is 0 Å². The summed E-state index contributed by atoms with van der Waals surface area (Å²) in [6.07, 6.45) is 0. The van der Waals surface area contributed by atoms with Crippen molar-refractivity contribution < 1.29 is 29.4 Å². The van der Waals surface area contributed by atoms with Gasteiger partial charge in [-0.1, -0.05) is 23.9 Å². The number of carboxylic acids is 1. The van der Waals surface area contributed by atoms with Crippen LogP contribution in [0, 0.1) is 0 Å².